The molecule has 0 aliphatic carbocycles. The van der Waals surface area contributed by atoms with Crippen LogP contribution >= 0.6 is 23.2 Å². The molecule has 0 bridgehead atoms. The molecule has 0 fully saturated rings. The minimum absolute atomic E-state index is 0.668. The lowest BCUT2D eigenvalue weighted by Crippen LogP contribution is -1.90. The number of imidazole rings is 1. The molecule has 0 aliphatic heterocycles. The highest BCUT2D eigenvalue weighted by atomic mass is 35.5. The van der Waals surface area contributed by atoms with Gasteiger partial charge in [0.1, 0.15) is 11.3 Å². The summed E-state index contributed by atoms with van der Waals surface area (Å²) in [5.74, 6) is 0.889. The quantitative estimate of drug-likeness (QED) is 0.736. The predicted molar refractivity (Wildman–Crippen MR) is 75.4 cm³/mol. The van der Waals surface area contributed by atoms with Crippen molar-refractivity contribution in [2.24, 2.45) is 0 Å². The van der Waals surface area contributed by atoms with Gasteiger partial charge < -0.3 is 4.98 Å². The lowest BCUT2D eigenvalue weighted by atomic mass is 10.1. The van der Waals surface area contributed by atoms with Crippen molar-refractivity contribution >= 4 is 34.2 Å². The van der Waals surface area contributed by atoms with E-state index in [4.69, 9.17) is 23.2 Å². The Balaban J connectivity index is 1.98. The van der Waals surface area contributed by atoms with Crippen LogP contribution in [0.3, 0.4) is 0 Å². The normalized spacial score (nSPS) is 11.0. The molecule has 0 radical (unpaired) electrons. The van der Waals surface area contributed by atoms with Crippen LogP contribution in [-0.2, 0) is 6.42 Å². The molecule has 0 spiro atoms. The number of H-pyrrole nitrogens is 1. The summed E-state index contributed by atoms with van der Waals surface area (Å²) in [6.07, 6.45) is 0.714. The van der Waals surface area contributed by atoms with Gasteiger partial charge in [-0.1, -0.05) is 41.4 Å². The van der Waals surface area contributed by atoms with Crippen LogP contribution < -0.4 is 0 Å². The summed E-state index contributed by atoms with van der Waals surface area (Å²) in [5.41, 5.74) is 2.90. The third-order valence-electron chi connectivity index (χ3n) is 2.77. The second-order valence-corrected chi connectivity index (χ2v) is 4.97. The maximum absolute atomic E-state index is 6.09. The van der Waals surface area contributed by atoms with Crippen LogP contribution in [0, 0.1) is 0 Å². The van der Waals surface area contributed by atoms with E-state index in [1.807, 2.05) is 42.5 Å². The molecule has 1 N–H and O–H groups in total. The fraction of sp³-hybridized carbons (Fsp3) is 0.0714. The molecular weight excluding hydrogens is 267 g/mol. The van der Waals surface area contributed by atoms with Gasteiger partial charge in [-0.05, 0) is 29.8 Å². The maximum Gasteiger partial charge on any atom is 0.111 e. The zero-order valence-electron chi connectivity index (χ0n) is 9.45. The van der Waals surface area contributed by atoms with E-state index in [9.17, 15) is 0 Å². The number of hydrogen-bond acceptors (Lipinski definition) is 1. The van der Waals surface area contributed by atoms with Gasteiger partial charge in [-0.25, -0.2) is 4.98 Å². The lowest BCUT2D eigenvalue weighted by molar-refractivity contribution is 1.04. The van der Waals surface area contributed by atoms with Crippen LogP contribution in [0.4, 0.5) is 0 Å². The average Bonchev–Trinajstić information content (AvgIpc) is 2.73. The fourth-order valence-corrected chi connectivity index (χ4v) is 2.40. The highest BCUT2D eigenvalue weighted by Crippen LogP contribution is 2.22. The Kier molecular flexibility index (Phi) is 2.98. The van der Waals surface area contributed by atoms with Crippen LogP contribution in [0.2, 0.25) is 10.0 Å². The van der Waals surface area contributed by atoms with Gasteiger partial charge in [0.05, 0.1) is 10.5 Å². The van der Waals surface area contributed by atoms with Gasteiger partial charge in [-0.3, -0.25) is 0 Å². The van der Waals surface area contributed by atoms with Gasteiger partial charge in [-0.2, -0.15) is 0 Å². The van der Waals surface area contributed by atoms with Crippen LogP contribution in [0.15, 0.2) is 42.5 Å². The second kappa shape index (κ2) is 4.63. The van der Waals surface area contributed by atoms with E-state index < -0.39 is 0 Å². The first-order valence-corrected chi connectivity index (χ1v) is 6.35. The van der Waals surface area contributed by atoms with Crippen molar-refractivity contribution in [2.75, 3.05) is 0 Å². The highest BCUT2D eigenvalue weighted by molar-refractivity contribution is 6.34. The Morgan fingerprint density at radius 3 is 2.67 bits per heavy atom. The Hall–Kier alpha value is -1.51. The third kappa shape index (κ3) is 2.22. The highest BCUT2D eigenvalue weighted by Gasteiger charge is 2.06. The first kappa shape index (κ1) is 11.6. The van der Waals surface area contributed by atoms with Crippen molar-refractivity contribution < 1.29 is 0 Å². The molecule has 3 aromatic rings. The van der Waals surface area contributed by atoms with Crippen molar-refractivity contribution in [3.8, 4) is 0 Å². The summed E-state index contributed by atoms with van der Waals surface area (Å²) < 4.78 is 0. The predicted octanol–water partition coefficient (Wildman–Crippen LogP) is 4.46. The van der Waals surface area contributed by atoms with E-state index in [1.165, 1.54) is 0 Å². The summed E-state index contributed by atoms with van der Waals surface area (Å²) in [6.45, 7) is 0. The Morgan fingerprint density at radius 2 is 1.89 bits per heavy atom. The van der Waals surface area contributed by atoms with Crippen LogP contribution in [0.25, 0.3) is 11.0 Å². The van der Waals surface area contributed by atoms with Crippen molar-refractivity contribution in [2.45, 2.75) is 6.42 Å². The van der Waals surface area contributed by atoms with Gasteiger partial charge in [0.15, 0.2) is 0 Å². The number of hydrogen-bond donors (Lipinski definition) is 1. The topological polar surface area (TPSA) is 28.7 Å². The van der Waals surface area contributed by atoms with E-state index in [0.29, 0.717) is 11.4 Å². The van der Waals surface area contributed by atoms with E-state index >= 15 is 0 Å². The summed E-state index contributed by atoms with van der Waals surface area (Å²) >= 11 is 12.1. The monoisotopic (exact) mass is 276 g/mol. The van der Waals surface area contributed by atoms with Crippen LogP contribution in [0.5, 0.6) is 0 Å². The summed E-state index contributed by atoms with van der Waals surface area (Å²) in [7, 11) is 0. The molecule has 1 aromatic heterocycles. The molecule has 0 unspecified atom stereocenters. The molecule has 4 heteroatoms. The smallest absolute Gasteiger partial charge is 0.111 e. The first-order valence-electron chi connectivity index (χ1n) is 5.60. The Bertz CT molecular complexity index is 704. The number of halogens is 2. The standard InChI is InChI=1S/C14H10Cl2N2/c15-10-4-1-3-9(7-10)8-13-17-12-6-2-5-11(16)14(12)18-13/h1-7H,8H2,(H,17,18). The zero-order chi connectivity index (χ0) is 12.5. The number of nitrogens with zero attached hydrogens (tertiary/aromatic N) is 1. The molecule has 0 atom stereocenters. The number of para-hydroxylation sites is 1. The number of fused-ring (bicyclic) bond motifs is 1. The zero-order valence-corrected chi connectivity index (χ0v) is 11.0. The van der Waals surface area contributed by atoms with Crippen molar-refractivity contribution in [1.82, 2.24) is 9.97 Å². The van der Waals surface area contributed by atoms with E-state index in [0.717, 1.165) is 27.4 Å². The molecule has 2 nitrogen and oxygen atoms in total. The van der Waals surface area contributed by atoms with Crippen LogP contribution in [-0.4, -0.2) is 9.97 Å². The number of rotatable bonds is 2. The largest absolute Gasteiger partial charge is 0.342 e. The molecule has 0 saturated heterocycles. The molecule has 3 rings (SSSR count). The Labute approximate surface area is 115 Å². The molecule has 1 heterocycles. The van der Waals surface area contributed by atoms with Crippen LogP contribution in [0.1, 0.15) is 11.4 Å². The molecule has 0 amide bonds. The van der Waals surface area contributed by atoms with Gasteiger partial charge in [0.25, 0.3) is 0 Å². The van der Waals surface area contributed by atoms with Crippen molar-refractivity contribution in [3.63, 3.8) is 0 Å². The van der Waals surface area contributed by atoms with E-state index in [2.05, 4.69) is 9.97 Å². The molecule has 0 saturated carbocycles. The number of aromatic nitrogens is 2. The van der Waals surface area contributed by atoms with Gasteiger partial charge in [-0.15, -0.1) is 0 Å². The average molecular weight is 277 g/mol. The molecule has 18 heavy (non-hydrogen) atoms. The summed E-state index contributed by atoms with van der Waals surface area (Å²) in [6, 6.07) is 13.5. The van der Waals surface area contributed by atoms with Crippen molar-refractivity contribution in [3.05, 3.63) is 63.9 Å². The number of benzene rings is 2. The minimum atomic E-state index is 0.668. The number of aromatic amines is 1. The van der Waals surface area contributed by atoms with Gasteiger partial charge in [0.2, 0.25) is 0 Å². The van der Waals surface area contributed by atoms with Gasteiger partial charge >= 0.3 is 0 Å². The molecule has 0 aliphatic rings. The van der Waals surface area contributed by atoms with Crippen molar-refractivity contribution in [1.29, 1.82) is 0 Å². The molecular formula is C14H10Cl2N2. The van der Waals surface area contributed by atoms with E-state index in [1.54, 1.807) is 0 Å². The van der Waals surface area contributed by atoms with E-state index in [-0.39, 0.29) is 0 Å². The maximum atomic E-state index is 6.09. The number of nitrogens with one attached hydrogen (secondary N) is 1. The van der Waals surface area contributed by atoms with Gasteiger partial charge in [0, 0.05) is 11.4 Å². The summed E-state index contributed by atoms with van der Waals surface area (Å²) in [4.78, 5) is 7.77. The Morgan fingerprint density at radius 1 is 1.06 bits per heavy atom. The lowest BCUT2D eigenvalue weighted by Gasteiger charge is -1.98. The third-order valence-corrected chi connectivity index (χ3v) is 3.31. The minimum Gasteiger partial charge on any atom is -0.342 e. The molecule has 90 valence electrons. The molecule has 2 aromatic carbocycles. The second-order valence-electron chi connectivity index (χ2n) is 4.13. The summed E-state index contributed by atoms with van der Waals surface area (Å²) in [5, 5.41) is 1.41. The fourth-order valence-electron chi connectivity index (χ4n) is 1.97. The SMILES string of the molecule is Clc1cccc(Cc2nc3c(Cl)cccc3[nH]2)c1. The first-order chi connectivity index (χ1) is 8.72.